The Labute approximate surface area is 178 Å². The van der Waals surface area contributed by atoms with Gasteiger partial charge >= 0.3 is 0 Å². The second kappa shape index (κ2) is 6.72. The summed E-state index contributed by atoms with van der Waals surface area (Å²) in [5.74, 6) is 0.609. The summed E-state index contributed by atoms with van der Waals surface area (Å²) in [4.78, 5) is 22.4. The molecule has 0 unspecified atom stereocenters. The maximum absolute atomic E-state index is 6.13. The summed E-state index contributed by atoms with van der Waals surface area (Å²) in [7, 11) is 0. The highest BCUT2D eigenvalue weighted by atomic mass is 35.5. The molecule has 0 atom stereocenters. The van der Waals surface area contributed by atoms with Crippen LogP contribution in [0.25, 0.3) is 55.4 Å². The molecule has 0 aliphatic carbocycles. The molecule has 6 aromatic heterocycles. The Hall–Kier alpha value is -3.62. The zero-order valence-corrected chi connectivity index (χ0v) is 16.9. The van der Waals surface area contributed by atoms with E-state index in [1.807, 2.05) is 42.5 Å². The van der Waals surface area contributed by atoms with Crippen molar-refractivity contribution < 1.29 is 0 Å². The van der Waals surface area contributed by atoms with E-state index < -0.39 is 0 Å². The molecule has 0 amide bonds. The second-order valence-corrected chi connectivity index (χ2v) is 8.36. The van der Waals surface area contributed by atoms with Crippen molar-refractivity contribution in [2.45, 2.75) is 0 Å². The van der Waals surface area contributed by atoms with Crippen LogP contribution in [0.15, 0.2) is 61.1 Å². The number of halogens is 1. The number of H-pyrrole nitrogens is 2. The molecule has 0 aromatic carbocycles. The van der Waals surface area contributed by atoms with Crippen molar-refractivity contribution in [1.82, 2.24) is 35.1 Å². The summed E-state index contributed by atoms with van der Waals surface area (Å²) in [5.41, 5.74) is 6.51. The average Bonchev–Trinajstić information content (AvgIpc) is 3.51. The van der Waals surface area contributed by atoms with Crippen molar-refractivity contribution >= 4 is 45.1 Å². The molecular weight excluding hydrogens is 418 g/mol. The third kappa shape index (κ3) is 2.77. The molecule has 6 heterocycles. The normalized spacial score (nSPS) is 11.5. The van der Waals surface area contributed by atoms with E-state index in [9.17, 15) is 0 Å². The third-order valence-corrected chi connectivity index (χ3v) is 6.10. The molecule has 0 fully saturated rings. The molecule has 2 N–H and O–H groups in total. The zero-order valence-electron chi connectivity index (χ0n) is 15.3. The van der Waals surface area contributed by atoms with E-state index in [-0.39, 0.29) is 0 Å². The molecular formula is C21H12ClN7S. The minimum atomic E-state index is 0.609. The van der Waals surface area contributed by atoms with Gasteiger partial charge < -0.3 is 4.98 Å². The Kier molecular flexibility index (Phi) is 3.87. The lowest BCUT2D eigenvalue weighted by atomic mass is 10.1. The number of imidazole rings is 1. The van der Waals surface area contributed by atoms with Crippen LogP contribution < -0.4 is 0 Å². The van der Waals surface area contributed by atoms with Gasteiger partial charge in [-0.05, 0) is 42.5 Å². The maximum Gasteiger partial charge on any atom is 0.178 e. The van der Waals surface area contributed by atoms with Gasteiger partial charge in [-0.1, -0.05) is 11.6 Å². The van der Waals surface area contributed by atoms with Crippen LogP contribution in [0.4, 0.5) is 0 Å². The number of fused-ring (bicyclic) bond motifs is 2. The molecule has 0 aliphatic rings. The fraction of sp³-hybridized carbons (Fsp3) is 0. The number of rotatable bonds is 3. The van der Waals surface area contributed by atoms with Gasteiger partial charge in [-0.25, -0.2) is 15.0 Å². The summed E-state index contributed by atoms with van der Waals surface area (Å²) in [5, 5.41) is 7.50. The van der Waals surface area contributed by atoms with Crippen molar-refractivity contribution in [3.8, 4) is 33.2 Å². The molecule has 144 valence electrons. The smallest absolute Gasteiger partial charge is 0.178 e. The van der Waals surface area contributed by atoms with Crippen LogP contribution in [0.2, 0.25) is 4.34 Å². The fourth-order valence-corrected chi connectivity index (χ4v) is 4.51. The van der Waals surface area contributed by atoms with Crippen LogP contribution in [0, 0.1) is 0 Å². The Bertz CT molecular complexity index is 1520. The Balaban J connectivity index is 1.52. The third-order valence-electron chi connectivity index (χ3n) is 4.84. The lowest BCUT2D eigenvalue weighted by Crippen LogP contribution is -1.87. The van der Waals surface area contributed by atoms with Crippen LogP contribution in [0.1, 0.15) is 0 Å². The van der Waals surface area contributed by atoms with Gasteiger partial charge in [-0.2, -0.15) is 5.10 Å². The van der Waals surface area contributed by atoms with E-state index in [0.29, 0.717) is 17.2 Å². The summed E-state index contributed by atoms with van der Waals surface area (Å²) >= 11 is 7.64. The molecule has 6 rings (SSSR count). The van der Waals surface area contributed by atoms with E-state index in [0.717, 1.165) is 42.6 Å². The van der Waals surface area contributed by atoms with Crippen LogP contribution in [0.3, 0.4) is 0 Å². The minimum Gasteiger partial charge on any atom is -0.335 e. The molecule has 30 heavy (non-hydrogen) atoms. The predicted molar refractivity (Wildman–Crippen MR) is 118 cm³/mol. The number of nitrogens with zero attached hydrogens (tertiary/aromatic N) is 5. The minimum absolute atomic E-state index is 0.609. The van der Waals surface area contributed by atoms with Crippen molar-refractivity contribution in [3.63, 3.8) is 0 Å². The predicted octanol–water partition coefficient (Wildman–Crippen LogP) is 5.34. The van der Waals surface area contributed by atoms with Crippen LogP contribution in [0.5, 0.6) is 0 Å². The van der Waals surface area contributed by atoms with Crippen LogP contribution in [-0.2, 0) is 0 Å². The van der Waals surface area contributed by atoms with Gasteiger partial charge in [-0.15, -0.1) is 11.3 Å². The van der Waals surface area contributed by atoms with Gasteiger partial charge in [0, 0.05) is 34.6 Å². The van der Waals surface area contributed by atoms with Crippen molar-refractivity contribution in [1.29, 1.82) is 0 Å². The number of pyridine rings is 3. The Morgan fingerprint density at radius 1 is 0.900 bits per heavy atom. The first kappa shape index (κ1) is 17.3. The van der Waals surface area contributed by atoms with Gasteiger partial charge in [0.1, 0.15) is 5.52 Å². The molecule has 0 radical (unpaired) electrons. The number of nitrogens with one attached hydrogen (secondary N) is 2. The first-order valence-corrected chi connectivity index (χ1v) is 10.3. The lowest BCUT2D eigenvalue weighted by molar-refractivity contribution is 1.10. The average molecular weight is 430 g/mol. The quantitative estimate of drug-likeness (QED) is 0.395. The molecule has 0 spiro atoms. The van der Waals surface area contributed by atoms with Crippen molar-refractivity contribution in [2.75, 3.05) is 0 Å². The molecule has 6 aromatic rings. The zero-order chi connectivity index (χ0) is 20.1. The van der Waals surface area contributed by atoms with Crippen LogP contribution in [-0.4, -0.2) is 35.1 Å². The SMILES string of the molecule is Clc1ccc(-c2ccnc3nc(-c4n[nH]c5ccc(-c6ccncc6)nc45)[nH]c23)s1. The number of aromatic amines is 2. The largest absolute Gasteiger partial charge is 0.335 e. The van der Waals surface area contributed by atoms with Crippen LogP contribution >= 0.6 is 22.9 Å². The summed E-state index contributed by atoms with van der Waals surface area (Å²) < 4.78 is 0.737. The lowest BCUT2D eigenvalue weighted by Gasteiger charge is -2.00. The molecule has 0 aliphatic heterocycles. The first-order valence-electron chi connectivity index (χ1n) is 9.12. The van der Waals surface area contributed by atoms with Gasteiger partial charge in [0.25, 0.3) is 0 Å². The molecule has 0 saturated carbocycles. The summed E-state index contributed by atoms with van der Waals surface area (Å²) in [6.07, 6.45) is 5.25. The highest BCUT2D eigenvalue weighted by Gasteiger charge is 2.17. The number of hydrogen-bond donors (Lipinski definition) is 2. The number of thiophene rings is 1. The maximum atomic E-state index is 6.13. The summed E-state index contributed by atoms with van der Waals surface area (Å²) in [6.45, 7) is 0. The van der Waals surface area contributed by atoms with E-state index in [1.54, 1.807) is 18.6 Å². The van der Waals surface area contributed by atoms with Gasteiger partial charge in [-0.3, -0.25) is 10.1 Å². The summed E-state index contributed by atoms with van der Waals surface area (Å²) in [6, 6.07) is 13.6. The Morgan fingerprint density at radius 3 is 2.63 bits per heavy atom. The number of hydrogen-bond acceptors (Lipinski definition) is 6. The van der Waals surface area contributed by atoms with Gasteiger partial charge in [0.2, 0.25) is 0 Å². The highest BCUT2D eigenvalue weighted by molar-refractivity contribution is 7.19. The van der Waals surface area contributed by atoms with Gasteiger partial charge in [0.05, 0.1) is 21.1 Å². The van der Waals surface area contributed by atoms with Crippen molar-refractivity contribution in [3.05, 3.63) is 65.4 Å². The van der Waals surface area contributed by atoms with E-state index >= 15 is 0 Å². The standard InChI is InChI=1S/C21H12ClN7S/c22-16-4-3-15(30-16)12-7-10-24-20-17(12)26-21(27-20)19-18-14(28-29-19)2-1-13(25-18)11-5-8-23-9-6-11/h1-10H,(H,28,29)(H,24,26,27). The fourth-order valence-electron chi connectivity index (χ4n) is 3.44. The van der Waals surface area contributed by atoms with Crippen molar-refractivity contribution in [2.24, 2.45) is 0 Å². The number of aromatic nitrogens is 7. The second-order valence-electron chi connectivity index (χ2n) is 6.65. The topological polar surface area (TPSA) is 96.0 Å². The Morgan fingerprint density at radius 2 is 1.80 bits per heavy atom. The van der Waals surface area contributed by atoms with E-state index in [2.05, 4.69) is 30.1 Å². The van der Waals surface area contributed by atoms with E-state index in [4.69, 9.17) is 16.6 Å². The molecule has 7 nitrogen and oxygen atoms in total. The van der Waals surface area contributed by atoms with E-state index in [1.165, 1.54) is 11.3 Å². The monoisotopic (exact) mass is 429 g/mol. The highest BCUT2D eigenvalue weighted by Crippen LogP contribution is 2.35. The molecule has 0 saturated heterocycles. The molecule has 9 heteroatoms. The van der Waals surface area contributed by atoms with Gasteiger partial charge in [0.15, 0.2) is 17.2 Å². The first-order chi connectivity index (χ1) is 14.8. The molecule has 0 bridgehead atoms.